The van der Waals surface area contributed by atoms with Gasteiger partial charge >= 0.3 is 0 Å². The number of aliphatic hydroxyl groups is 2. The first-order chi connectivity index (χ1) is 6.65. The minimum Gasteiger partial charge on any atom is -0.491 e. The first-order valence-electron chi connectivity index (χ1n) is 4.67. The van der Waals surface area contributed by atoms with Crippen LogP contribution >= 0.6 is 0 Å². The number of ether oxygens (including phenoxy) is 1. The first kappa shape index (κ1) is 11.0. The molecule has 0 aliphatic carbocycles. The molecule has 0 bridgehead atoms. The van der Waals surface area contributed by atoms with Crippen molar-refractivity contribution in [3.63, 3.8) is 0 Å². The normalized spacial score (nSPS) is 12.6. The molecule has 1 rings (SSSR count). The first-order valence-corrected chi connectivity index (χ1v) is 4.67. The van der Waals surface area contributed by atoms with Gasteiger partial charge in [-0.2, -0.15) is 0 Å². The van der Waals surface area contributed by atoms with E-state index in [0.29, 0.717) is 6.61 Å². The summed E-state index contributed by atoms with van der Waals surface area (Å²) in [6.07, 6.45) is -0.458. The van der Waals surface area contributed by atoms with Gasteiger partial charge in [0.1, 0.15) is 12.4 Å². The summed E-state index contributed by atoms with van der Waals surface area (Å²) >= 11 is 0. The average molecular weight is 196 g/mol. The van der Waals surface area contributed by atoms with Crippen LogP contribution in [0.5, 0.6) is 5.75 Å². The third-order valence-corrected chi connectivity index (χ3v) is 2.03. The Kier molecular flexibility index (Phi) is 3.92. The summed E-state index contributed by atoms with van der Waals surface area (Å²) in [5.41, 5.74) is 1.84. The monoisotopic (exact) mass is 196 g/mol. The minimum atomic E-state index is -0.458. The molecule has 0 aliphatic rings. The van der Waals surface area contributed by atoms with Crippen LogP contribution in [0.1, 0.15) is 24.2 Å². The maximum atomic E-state index is 9.33. The van der Waals surface area contributed by atoms with Crippen molar-refractivity contribution >= 4 is 0 Å². The van der Waals surface area contributed by atoms with Crippen molar-refractivity contribution in [1.82, 2.24) is 0 Å². The fourth-order valence-electron chi connectivity index (χ4n) is 1.25. The number of aliphatic hydroxyl groups excluding tert-OH is 2. The van der Waals surface area contributed by atoms with Crippen LogP contribution in [0.4, 0.5) is 0 Å². The zero-order chi connectivity index (χ0) is 10.6. The second kappa shape index (κ2) is 4.98. The van der Waals surface area contributed by atoms with E-state index in [4.69, 9.17) is 9.84 Å². The zero-order valence-corrected chi connectivity index (χ0v) is 8.53. The Bertz CT molecular complexity index is 295. The SMILES string of the molecule is Cc1cc([C@H](C)O)ccc1OCCO. The lowest BCUT2D eigenvalue weighted by atomic mass is 10.1. The Hall–Kier alpha value is -1.06. The van der Waals surface area contributed by atoms with Gasteiger partial charge in [0, 0.05) is 0 Å². The third kappa shape index (κ3) is 2.72. The van der Waals surface area contributed by atoms with Gasteiger partial charge in [-0.3, -0.25) is 0 Å². The molecular formula is C11H16O3. The van der Waals surface area contributed by atoms with Gasteiger partial charge < -0.3 is 14.9 Å². The van der Waals surface area contributed by atoms with Crippen LogP contribution in [0.15, 0.2) is 18.2 Å². The number of hydrogen-bond donors (Lipinski definition) is 2. The van der Waals surface area contributed by atoms with Gasteiger partial charge in [0.05, 0.1) is 12.7 Å². The van der Waals surface area contributed by atoms with E-state index < -0.39 is 6.10 Å². The quantitative estimate of drug-likeness (QED) is 0.765. The summed E-state index contributed by atoms with van der Waals surface area (Å²) in [5.74, 6) is 0.753. The molecule has 0 fully saturated rings. The molecule has 3 nitrogen and oxygen atoms in total. The highest BCUT2D eigenvalue weighted by molar-refractivity contribution is 5.36. The molecule has 0 radical (unpaired) electrons. The predicted octanol–water partition coefficient (Wildman–Crippen LogP) is 1.42. The molecule has 14 heavy (non-hydrogen) atoms. The van der Waals surface area contributed by atoms with Crippen molar-refractivity contribution in [2.75, 3.05) is 13.2 Å². The fourth-order valence-corrected chi connectivity index (χ4v) is 1.25. The highest BCUT2D eigenvalue weighted by Crippen LogP contribution is 2.22. The highest BCUT2D eigenvalue weighted by Gasteiger charge is 2.04. The van der Waals surface area contributed by atoms with E-state index in [2.05, 4.69) is 0 Å². The Morgan fingerprint density at radius 1 is 1.43 bits per heavy atom. The van der Waals surface area contributed by atoms with Gasteiger partial charge in [-0.25, -0.2) is 0 Å². The summed E-state index contributed by atoms with van der Waals surface area (Å²) < 4.78 is 5.29. The molecule has 0 aliphatic heterocycles. The van der Waals surface area contributed by atoms with Crippen LogP contribution in [0.25, 0.3) is 0 Å². The fraction of sp³-hybridized carbons (Fsp3) is 0.455. The summed E-state index contributed by atoms with van der Waals surface area (Å²) in [7, 11) is 0. The maximum absolute atomic E-state index is 9.33. The van der Waals surface area contributed by atoms with Crippen LogP contribution in [-0.4, -0.2) is 23.4 Å². The van der Waals surface area contributed by atoms with E-state index in [1.165, 1.54) is 0 Å². The van der Waals surface area contributed by atoms with Gasteiger partial charge in [0.15, 0.2) is 0 Å². The van der Waals surface area contributed by atoms with E-state index in [9.17, 15) is 5.11 Å². The highest BCUT2D eigenvalue weighted by atomic mass is 16.5. The Morgan fingerprint density at radius 2 is 2.14 bits per heavy atom. The molecule has 0 amide bonds. The molecule has 0 saturated heterocycles. The van der Waals surface area contributed by atoms with E-state index >= 15 is 0 Å². The van der Waals surface area contributed by atoms with Crippen LogP contribution in [0.2, 0.25) is 0 Å². The second-order valence-corrected chi connectivity index (χ2v) is 3.27. The van der Waals surface area contributed by atoms with Gasteiger partial charge in [0.25, 0.3) is 0 Å². The molecule has 0 saturated carbocycles. The number of benzene rings is 1. The summed E-state index contributed by atoms with van der Waals surface area (Å²) in [4.78, 5) is 0. The van der Waals surface area contributed by atoms with Gasteiger partial charge in [0.2, 0.25) is 0 Å². The van der Waals surface area contributed by atoms with E-state index in [1.807, 2.05) is 25.1 Å². The van der Waals surface area contributed by atoms with Crippen LogP contribution in [-0.2, 0) is 0 Å². The van der Waals surface area contributed by atoms with Crippen LogP contribution < -0.4 is 4.74 Å². The number of hydrogen-bond acceptors (Lipinski definition) is 3. The Balaban J connectivity index is 2.79. The standard InChI is InChI=1S/C11H16O3/c1-8-7-10(9(2)13)3-4-11(8)14-6-5-12/h3-4,7,9,12-13H,5-6H2,1-2H3/t9-/m0/s1. The van der Waals surface area contributed by atoms with E-state index in [1.54, 1.807) is 6.92 Å². The molecular weight excluding hydrogens is 180 g/mol. The van der Waals surface area contributed by atoms with Gasteiger partial charge in [-0.1, -0.05) is 6.07 Å². The topological polar surface area (TPSA) is 49.7 Å². The Morgan fingerprint density at radius 3 is 2.64 bits per heavy atom. The predicted molar refractivity (Wildman–Crippen MR) is 54.4 cm³/mol. The molecule has 1 aromatic rings. The largest absolute Gasteiger partial charge is 0.491 e. The van der Waals surface area contributed by atoms with E-state index in [0.717, 1.165) is 16.9 Å². The van der Waals surface area contributed by atoms with E-state index in [-0.39, 0.29) is 6.61 Å². The third-order valence-electron chi connectivity index (χ3n) is 2.03. The molecule has 3 heteroatoms. The number of rotatable bonds is 4. The minimum absolute atomic E-state index is 0.0115. The molecule has 0 aromatic heterocycles. The summed E-state index contributed by atoms with van der Waals surface area (Å²) in [6, 6.07) is 5.52. The van der Waals surface area contributed by atoms with Crippen molar-refractivity contribution < 1.29 is 14.9 Å². The zero-order valence-electron chi connectivity index (χ0n) is 8.53. The average Bonchev–Trinajstić information content (AvgIpc) is 2.15. The lowest BCUT2D eigenvalue weighted by Crippen LogP contribution is -2.03. The molecule has 78 valence electrons. The van der Waals surface area contributed by atoms with Crippen molar-refractivity contribution in [1.29, 1.82) is 0 Å². The van der Waals surface area contributed by atoms with Crippen LogP contribution in [0, 0.1) is 6.92 Å². The van der Waals surface area contributed by atoms with Crippen molar-refractivity contribution in [3.05, 3.63) is 29.3 Å². The molecule has 0 spiro atoms. The van der Waals surface area contributed by atoms with Crippen molar-refractivity contribution in [2.24, 2.45) is 0 Å². The van der Waals surface area contributed by atoms with Crippen molar-refractivity contribution in [2.45, 2.75) is 20.0 Å². The second-order valence-electron chi connectivity index (χ2n) is 3.27. The molecule has 2 N–H and O–H groups in total. The summed E-state index contributed by atoms with van der Waals surface area (Å²) in [6.45, 7) is 3.95. The molecule has 1 atom stereocenters. The van der Waals surface area contributed by atoms with Crippen LogP contribution in [0.3, 0.4) is 0 Å². The number of aryl methyl sites for hydroxylation is 1. The van der Waals surface area contributed by atoms with Crippen molar-refractivity contribution in [3.8, 4) is 5.75 Å². The lowest BCUT2D eigenvalue weighted by molar-refractivity contribution is 0.196. The maximum Gasteiger partial charge on any atom is 0.122 e. The van der Waals surface area contributed by atoms with Gasteiger partial charge in [-0.05, 0) is 37.1 Å². The molecule has 0 unspecified atom stereocenters. The Labute approximate surface area is 84.0 Å². The van der Waals surface area contributed by atoms with Gasteiger partial charge in [-0.15, -0.1) is 0 Å². The smallest absolute Gasteiger partial charge is 0.122 e. The summed E-state index contributed by atoms with van der Waals surface area (Å²) in [5, 5.41) is 17.9. The molecule has 0 heterocycles. The molecule has 1 aromatic carbocycles. The lowest BCUT2D eigenvalue weighted by Gasteiger charge is -2.10.